The van der Waals surface area contributed by atoms with Gasteiger partial charge in [0.1, 0.15) is 23.8 Å². The van der Waals surface area contributed by atoms with Crippen molar-refractivity contribution in [1.82, 2.24) is 9.21 Å². The molecule has 0 amide bonds. The maximum absolute atomic E-state index is 13.6. The molecule has 0 radical (unpaired) electrons. The number of nitrogens with zero attached hydrogens (tertiary/aromatic N) is 2. The highest BCUT2D eigenvalue weighted by Crippen LogP contribution is 2.31. The smallest absolute Gasteiger partial charge is 0.277 e. The minimum Gasteiger partial charge on any atom is -0.489 e. The quantitative estimate of drug-likeness (QED) is 0.228. The molecule has 0 saturated carbocycles. The van der Waals surface area contributed by atoms with Gasteiger partial charge in [-0.2, -0.15) is 4.31 Å². The van der Waals surface area contributed by atoms with E-state index in [1.54, 1.807) is 0 Å². The number of halogens is 1. The maximum atomic E-state index is 13.6. The number of benzene rings is 3. The average molecular weight is 607 g/mol. The summed E-state index contributed by atoms with van der Waals surface area (Å²) in [6.07, 6.45) is 1.72. The lowest BCUT2D eigenvalue weighted by atomic mass is 10.0. The first-order valence-corrected chi connectivity index (χ1v) is 16.1. The number of carbonyl (C=O) groups excluding carboxylic acids is 1. The van der Waals surface area contributed by atoms with Crippen LogP contribution in [-0.4, -0.2) is 62.3 Å². The molecule has 0 aliphatic carbocycles. The minimum absolute atomic E-state index is 0.133. The van der Waals surface area contributed by atoms with Gasteiger partial charge in [-0.05, 0) is 66.3 Å². The van der Waals surface area contributed by atoms with Crippen molar-refractivity contribution in [3.63, 3.8) is 0 Å². The highest BCUT2D eigenvalue weighted by molar-refractivity contribution is 7.89. The molecular formula is C33H35FN2O6S. The number of carbonyl (C=O) groups is 1. The summed E-state index contributed by atoms with van der Waals surface area (Å²) >= 11 is 0. The molecule has 0 unspecified atom stereocenters. The lowest BCUT2D eigenvalue weighted by Crippen LogP contribution is -2.40. The van der Waals surface area contributed by atoms with E-state index in [1.807, 2.05) is 24.3 Å². The van der Waals surface area contributed by atoms with Crippen LogP contribution in [0, 0.1) is 5.82 Å². The zero-order chi connectivity index (χ0) is 29.8. The number of aryl methyl sites for hydroxylation is 1. The van der Waals surface area contributed by atoms with Crippen LogP contribution in [0.5, 0.6) is 5.75 Å². The summed E-state index contributed by atoms with van der Waals surface area (Å²) in [4.78, 5) is 15.7. The Balaban J connectivity index is 1.05. The number of rotatable bonds is 11. The first-order chi connectivity index (χ1) is 20.8. The normalized spacial score (nSPS) is 18.3. The fraction of sp³-hybridized carbons (Fsp3) is 0.364. The van der Waals surface area contributed by atoms with E-state index in [-0.39, 0.29) is 29.4 Å². The molecule has 1 aromatic heterocycles. The molecule has 6 rings (SSSR count). The number of ether oxygens (including phenoxy) is 2. The Kier molecular flexibility index (Phi) is 8.90. The monoisotopic (exact) mass is 606 g/mol. The number of furan rings is 1. The number of ketones is 1. The van der Waals surface area contributed by atoms with E-state index >= 15 is 0 Å². The van der Waals surface area contributed by atoms with E-state index in [9.17, 15) is 17.6 Å². The Morgan fingerprint density at radius 3 is 2.58 bits per heavy atom. The van der Waals surface area contributed by atoms with Gasteiger partial charge in [-0.1, -0.05) is 36.4 Å². The topological polar surface area (TPSA) is 89.3 Å². The van der Waals surface area contributed by atoms with Crippen LogP contribution in [0.1, 0.15) is 36.0 Å². The van der Waals surface area contributed by atoms with Gasteiger partial charge in [0.2, 0.25) is 5.09 Å². The van der Waals surface area contributed by atoms with Gasteiger partial charge < -0.3 is 13.9 Å². The third-order valence-corrected chi connectivity index (χ3v) is 9.82. The molecule has 226 valence electrons. The Morgan fingerprint density at radius 2 is 1.72 bits per heavy atom. The summed E-state index contributed by atoms with van der Waals surface area (Å²) < 4.78 is 58.7. The molecular weight excluding hydrogens is 571 g/mol. The molecule has 2 fully saturated rings. The van der Waals surface area contributed by atoms with Crippen molar-refractivity contribution in [2.75, 3.05) is 32.8 Å². The minimum atomic E-state index is -4.05. The van der Waals surface area contributed by atoms with Crippen molar-refractivity contribution >= 4 is 26.8 Å². The van der Waals surface area contributed by atoms with Gasteiger partial charge in [-0.15, -0.1) is 0 Å². The second kappa shape index (κ2) is 13.0. The van der Waals surface area contributed by atoms with Crippen molar-refractivity contribution in [3.8, 4) is 5.75 Å². The van der Waals surface area contributed by atoms with Gasteiger partial charge in [0.25, 0.3) is 10.0 Å². The summed E-state index contributed by atoms with van der Waals surface area (Å²) in [6, 6.07) is 20.5. The Labute approximate surface area is 251 Å². The summed E-state index contributed by atoms with van der Waals surface area (Å²) in [5.41, 5.74) is 3.55. The summed E-state index contributed by atoms with van der Waals surface area (Å²) in [5, 5.41) is 0.0905. The number of hydrogen-bond acceptors (Lipinski definition) is 7. The van der Waals surface area contributed by atoms with Crippen LogP contribution >= 0.6 is 0 Å². The van der Waals surface area contributed by atoms with E-state index < -0.39 is 21.9 Å². The summed E-state index contributed by atoms with van der Waals surface area (Å²) in [7, 11) is -4.05. The second-order valence-corrected chi connectivity index (χ2v) is 13.0. The zero-order valence-corrected chi connectivity index (χ0v) is 24.7. The molecule has 4 aromatic rings. The third kappa shape index (κ3) is 6.99. The van der Waals surface area contributed by atoms with Crippen molar-refractivity contribution in [2.24, 2.45) is 0 Å². The standard InChI is InChI=1S/C33H35FN2O6S/c34-28-10-12-32-27(20-28)21-33(42-32)43(38,39)36-13-3-8-30(36)31(37)11-9-24-4-2-7-29(19-24)41-23-26-6-1-5-25(18-26)22-35-14-16-40-17-15-35/h1-2,4-7,10,12,18-21,30H,3,8-9,11,13-17,22-23H2/t30-/m0/s1. The number of hydrogen-bond donors (Lipinski definition) is 0. The predicted molar refractivity (Wildman–Crippen MR) is 160 cm³/mol. The van der Waals surface area contributed by atoms with Gasteiger partial charge in [-0.25, -0.2) is 12.8 Å². The number of morpholine rings is 1. The third-order valence-electron chi connectivity index (χ3n) is 8.06. The van der Waals surface area contributed by atoms with Crippen molar-refractivity contribution < 1.29 is 31.5 Å². The molecule has 1 atom stereocenters. The molecule has 0 N–H and O–H groups in total. The Hall–Kier alpha value is -3.57. The zero-order valence-electron chi connectivity index (χ0n) is 23.9. The number of fused-ring (bicyclic) bond motifs is 1. The summed E-state index contributed by atoms with van der Waals surface area (Å²) in [6.45, 7) is 4.98. The van der Waals surface area contributed by atoms with E-state index in [1.165, 1.54) is 34.1 Å². The molecule has 3 heterocycles. The van der Waals surface area contributed by atoms with E-state index in [2.05, 4.69) is 29.2 Å². The second-order valence-electron chi connectivity index (χ2n) is 11.1. The highest BCUT2D eigenvalue weighted by atomic mass is 32.2. The first-order valence-electron chi connectivity index (χ1n) is 14.7. The molecule has 2 aliphatic rings. The SMILES string of the molecule is O=C(CCc1cccc(OCc2cccc(CN3CCOCC3)c2)c1)[C@@H]1CCCN1S(=O)(=O)c1cc2cc(F)ccc2o1. The van der Waals surface area contributed by atoms with Gasteiger partial charge in [0, 0.05) is 44.1 Å². The van der Waals surface area contributed by atoms with Gasteiger partial charge in [-0.3, -0.25) is 9.69 Å². The molecule has 10 heteroatoms. The maximum Gasteiger partial charge on any atom is 0.277 e. The molecule has 43 heavy (non-hydrogen) atoms. The van der Waals surface area contributed by atoms with Crippen LogP contribution in [0.3, 0.4) is 0 Å². The van der Waals surface area contributed by atoms with Crippen LogP contribution < -0.4 is 4.74 Å². The number of sulfonamides is 1. The van der Waals surface area contributed by atoms with Gasteiger partial charge in [0.15, 0.2) is 5.78 Å². The van der Waals surface area contributed by atoms with Crippen LogP contribution in [0.2, 0.25) is 0 Å². The molecule has 0 spiro atoms. The first kappa shape index (κ1) is 29.5. The van der Waals surface area contributed by atoms with Crippen LogP contribution in [0.15, 0.2) is 82.3 Å². The molecule has 8 nitrogen and oxygen atoms in total. The molecule has 0 bridgehead atoms. The summed E-state index contributed by atoms with van der Waals surface area (Å²) in [5.74, 6) is 0.108. The Bertz CT molecular complexity index is 1700. The lowest BCUT2D eigenvalue weighted by Gasteiger charge is -2.26. The number of Topliss-reactive ketones (excluding diaryl/α,β-unsaturated/α-hetero) is 1. The van der Waals surface area contributed by atoms with Crippen LogP contribution in [0.25, 0.3) is 11.0 Å². The molecule has 3 aromatic carbocycles. The largest absolute Gasteiger partial charge is 0.489 e. The van der Waals surface area contributed by atoms with Crippen LogP contribution in [0.4, 0.5) is 4.39 Å². The van der Waals surface area contributed by atoms with E-state index in [4.69, 9.17) is 13.9 Å². The molecule has 2 saturated heterocycles. The lowest BCUT2D eigenvalue weighted by molar-refractivity contribution is -0.122. The average Bonchev–Trinajstić information content (AvgIpc) is 3.68. The van der Waals surface area contributed by atoms with Gasteiger partial charge in [0.05, 0.1) is 19.3 Å². The Morgan fingerprint density at radius 1 is 0.930 bits per heavy atom. The van der Waals surface area contributed by atoms with Gasteiger partial charge >= 0.3 is 0 Å². The van der Waals surface area contributed by atoms with Crippen LogP contribution in [-0.2, 0) is 39.1 Å². The van der Waals surface area contributed by atoms with E-state index in [0.717, 1.165) is 49.7 Å². The van der Waals surface area contributed by atoms with Crippen molar-refractivity contribution in [2.45, 2.75) is 50.0 Å². The predicted octanol–water partition coefficient (Wildman–Crippen LogP) is 5.34. The highest BCUT2D eigenvalue weighted by Gasteiger charge is 2.40. The van der Waals surface area contributed by atoms with Crippen molar-refractivity contribution in [1.29, 1.82) is 0 Å². The molecule has 2 aliphatic heterocycles. The fourth-order valence-corrected chi connectivity index (χ4v) is 7.44. The van der Waals surface area contributed by atoms with Crippen molar-refractivity contribution in [3.05, 3.63) is 95.3 Å². The fourth-order valence-electron chi connectivity index (χ4n) is 5.81. The van der Waals surface area contributed by atoms with E-state index in [0.29, 0.717) is 31.3 Å².